The predicted octanol–water partition coefficient (Wildman–Crippen LogP) is 18.1. The van der Waals surface area contributed by atoms with Gasteiger partial charge in [-0.2, -0.15) is 0 Å². The van der Waals surface area contributed by atoms with Crippen molar-refractivity contribution in [3.8, 4) is 0 Å². The average molecular weight is 867 g/mol. The quantitative estimate of drug-likeness (QED) is 0.0346. The molecule has 0 fully saturated rings. The molecule has 0 spiro atoms. The Morgan fingerprint density at radius 1 is 0.371 bits per heavy atom. The Bertz CT molecular complexity index is 1070. The molecule has 0 rings (SSSR count). The Hall–Kier alpha value is -2.40. The summed E-state index contributed by atoms with van der Waals surface area (Å²) >= 11 is 0. The van der Waals surface area contributed by atoms with Crippen LogP contribution < -0.4 is 0 Å². The van der Waals surface area contributed by atoms with Crippen LogP contribution in [-0.2, 0) is 23.8 Å². The number of unbranched alkanes of at least 4 members (excludes halogenated alkanes) is 28. The predicted molar refractivity (Wildman–Crippen MR) is 270 cm³/mol. The van der Waals surface area contributed by atoms with Crippen LogP contribution in [-0.4, -0.2) is 37.9 Å². The van der Waals surface area contributed by atoms with Crippen molar-refractivity contribution in [1.82, 2.24) is 0 Å². The second-order valence-electron chi connectivity index (χ2n) is 17.8. The first-order chi connectivity index (χ1) is 30.6. The number of esters is 2. The van der Waals surface area contributed by atoms with E-state index in [4.69, 9.17) is 14.2 Å². The average Bonchev–Trinajstić information content (AvgIpc) is 3.27. The van der Waals surface area contributed by atoms with Crippen LogP contribution in [0.2, 0.25) is 0 Å². The molecule has 1 unspecified atom stereocenters. The molecule has 0 amide bonds. The molecule has 0 bridgehead atoms. The van der Waals surface area contributed by atoms with Gasteiger partial charge < -0.3 is 14.2 Å². The molecule has 0 aliphatic carbocycles. The summed E-state index contributed by atoms with van der Waals surface area (Å²) in [7, 11) is 0. The lowest BCUT2D eigenvalue weighted by molar-refractivity contribution is -0.163. The van der Waals surface area contributed by atoms with Crippen molar-refractivity contribution in [1.29, 1.82) is 0 Å². The molecule has 5 heteroatoms. The molecule has 0 aliphatic heterocycles. The van der Waals surface area contributed by atoms with Crippen LogP contribution >= 0.6 is 0 Å². The molecular formula is C57H102O5. The standard InChI is InChI=1S/C57H102O5/c1-4-7-10-13-16-19-22-25-27-29-31-33-35-38-41-44-47-50-56(58)61-54-55(53-60-52-49-46-43-40-37-24-21-18-15-12-9-6-3)62-57(59)51-48-45-42-39-36-34-32-30-28-26-23-20-17-14-11-8-5-2/h7,10,15-16,18-19,25,27,31,33,55H,4-6,8-9,11-14,17,20-24,26,28-30,32,34-54H2,1-3H3/b10-7-,18-15-,19-16-,27-25-,33-31-. The second-order valence-corrected chi connectivity index (χ2v) is 17.8. The molecule has 0 radical (unpaired) electrons. The minimum Gasteiger partial charge on any atom is -0.462 e. The number of allylic oxidation sites excluding steroid dienone is 10. The lowest BCUT2D eigenvalue weighted by atomic mass is 10.0. The number of hydrogen-bond donors (Lipinski definition) is 0. The van der Waals surface area contributed by atoms with Crippen molar-refractivity contribution in [2.75, 3.05) is 19.8 Å². The van der Waals surface area contributed by atoms with Gasteiger partial charge in [0.05, 0.1) is 6.61 Å². The second kappa shape index (κ2) is 52.9. The minimum absolute atomic E-state index is 0.0718. The molecular weight excluding hydrogens is 765 g/mol. The zero-order chi connectivity index (χ0) is 44.9. The third kappa shape index (κ3) is 50.2. The van der Waals surface area contributed by atoms with Crippen molar-refractivity contribution in [3.63, 3.8) is 0 Å². The summed E-state index contributed by atoms with van der Waals surface area (Å²) in [5.74, 6) is -0.418. The number of rotatable bonds is 49. The van der Waals surface area contributed by atoms with Gasteiger partial charge in [0.15, 0.2) is 6.10 Å². The van der Waals surface area contributed by atoms with Crippen LogP contribution in [0.3, 0.4) is 0 Å². The summed E-state index contributed by atoms with van der Waals surface area (Å²) in [5.41, 5.74) is 0. The fourth-order valence-electron chi connectivity index (χ4n) is 7.54. The molecule has 0 N–H and O–H groups in total. The van der Waals surface area contributed by atoms with Crippen LogP contribution in [0.5, 0.6) is 0 Å². The highest BCUT2D eigenvalue weighted by atomic mass is 16.6. The SMILES string of the molecule is CC/C=C\C/C=C\C/C=C\C/C=C\CCCCCCC(=O)OCC(COCCCCCCCC/C=C\CCCC)OC(=O)CCCCCCCCCCCCCCCCCCC. The Morgan fingerprint density at radius 3 is 1.23 bits per heavy atom. The van der Waals surface area contributed by atoms with E-state index < -0.39 is 6.10 Å². The van der Waals surface area contributed by atoms with Gasteiger partial charge in [-0.3, -0.25) is 9.59 Å². The molecule has 0 heterocycles. The maximum absolute atomic E-state index is 12.8. The molecule has 0 aromatic heterocycles. The van der Waals surface area contributed by atoms with E-state index in [1.54, 1.807) is 0 Å². The van der Waals surface area contributed by atoms with E-state index in [1.165, 1.54) is 148 Å². The van der Waals surface area contributed by atoms with Crippen LogP contribution in [0.4, 0.5) is 0 Å². The highest BCUT2D eigenvalue weighted by Crippen LogP contribution is 2.16. The van der Waals surface area contributed by atoms with E-state index in [-0.39, 0.29) is 25.2 Å². The molecule has 0 aromatic rings. The third-order valence-electron chi connectivity index (χ3n) is 11.5. The van der Waals surface area contributed by atoms with E-state index >= 15 is 0 Å². The first-order valence-electron chi connectivity index (χ1n) is 26.8. The van der Waals surface area contributed by atoms with Gasteiger partial charge >= 0.3 is 11.9 Å². The van der Waals surface area contributed by atoms with Gasteiger partial charge in [0.25, 0.3) is 0 Å². The molecule has 0 saturated heterocycles. The number of ether oxygens (including phenoxy) is 3. The molecule has 0 aromatic carbocycles. The van der Waals surface area contributed by atoms with Gasteiger partial charge in [-0.05, 0) is 77.0 Å². The first kappa shape index (κ1) is 59.6. The lowest BCUT2D eigenvalue weighted by Gasteiger charge is -2.18. The summed E-state index contributed by atoms with van der Waals surface area (Å²) in [4.78, 5) is 25.4. The molecule has 360 valence electrons. The lowest BCUT2D eigenvalue weighted by Crippen LogP contribution is -2.30. The van der Waals surface area contributed by atoms with Crippen LogP contribution in [0.1, 0.15) is 265 Å². The smallest absolute Gasteiger partial charge is 0.306 e. The summed E-state index contributed by atoms with van der Waals surface area (Å²) < 4.78 is 17.4. The zero-order valence-corrected chi connectivity index (χ0v) is 41.4. The van der Waals surface area contributed by atoms with Crippen molar-refractivity contribution >= 4 is 11.9 Å². The van der Waals surface area contributed by atoms with Crippen LogP contribution in [0, 0.1) is 0 Å². The summed E-state index contributed by atoms with van der Waals surface area (Å²) in [6.07, 6.45) is 66.6. The monoisotopic (exact) mass is 867 g/mol. The molecule has 0 aliphatic rings. The highest BCUT2D eigenvalue weighted by Gasteiger charge is 2.17. The Kier molecular flexibility index (Phi) is 50.9. The Morgan fingerprint density at radius 2 is 0.742 bits per heavy atom. The zero-order valence-electron chi connectivity index (χ0n) is 41.4. The van der Waals surface area contributed by atoms with Gasteiger partial charge in [0.1, 0.15) is 6.61 Å². The normalized spacial score (nSPS) is 12.6. The number of carbonyl (C=O) groups is 2. The third-order valence-corrected chi connectivity index (χ3v) is 11.5. The fourth-order valence-corrected chi connectivity index (χ4v) is 7.54. The number of carbonyl (C=O) groups excluding carboxylic acids is 2. The summed E-state index contributed by atoms with van der Waals surface area (Å²) in [5, 5.41) is 0. The van der Waals surface area contributed by atoms with Gasteiger partial charge in [-0.25, -0.2) is 0 Å². The number of hydrogen-bond acceptors (Lipinski definition) is 5. The van der Waals surface area contributed by atoms with Gasteiger partial charge in [0.2, 0.25) is 0 Å². The van der Waals surface area contributed by atoms with Crippen LogP contribution in [0.25, 0.3) is 0 Å². The highest BCUT2D eigenvalue weighted by molar-refractivity contribution is 5.70. The van der Waals surface area contributed by atoms with Crippen molar-refractivity contribution in [2.24, 2.45) is 0 Å². The topological polar surface area (TPSA) is 61.8 Å². The Balaban J connectivity index is 4.27. The maximum Gasteiger partial charge on any atom is 0.306 e. The molecule has 5 nitrogen and oxygen atoms in total. The van der Waals surface area contributed by atoms with E-state index in [0.717, 1.165) is 83.5 Å². The molecule has 0 saturated carbocycles. The molecule has 1 atom stereocenters. The first-order valence-corrected chi connectivity index (χ1v) is 26.8. The van der Waals surface area contributed by atoms with Crippen molar-refractivity contribution in [2.45, 2.75) is 271 Å². The maximum atomic E-state index is 12.8. The van der Waals surface area contributed by atoms with Crippen LogP contribution in [0.15, 0.2) is 60.8 Å². The van der Waals surface area contributed by atoms with Gasteiger partial charge in [-0.1, -0.05) is 236 Å². The fraction of sp³-hybridized carbons (Fsp3) is 0.789. The van der Waals surface area contributed by atoms with Crippen molar-refractivity contribution < 1.29 is 23.8 Å². The minimum atomic E-state index is -0.548. The van der Waals surface area contributed by atoms with E-state index in [2.05, 4.69) is 81.5 Å². The van der Waals surface area contributed by atoms with E-state index in [0.29, 0.717) is 19.4 Å². The van der Waals surface area contributed by atoms with Gasteiger partial charge in [0, 0.05) is 19.4 Å². The van der Waals surface area contributed by atoms with E-state index in [9.17, 15) is 9.59 Å². The Labute approximate surface area is 385 Å². The van der Waals surface area contributed by atoms with E-state index in [1.807, 2.05) is 0 Å². The van der Waals surface area contributed by atoms with Gasteiger partial charge in [-0.15, -0.1) is 0 Å². The summed E-state index contributed by atoms with van der Waals surface area (Å²) in [6.45, 7) is 7.68. The van der Waals surface area contributed by atoms with Crippen molar-refractivity contribution in [3.05, 3.63) is 60.8 Å². The summed E-state index contributed by atoms with van der Waals surface area (Å²) in [6, 6.07) is 0. The molecule has 62 heavy (non-hydrogen) atoms. The largest absolute Gasteiger partial charge is 0.462 e.